The highest BCUT2D eigenvalue weighted by Gasteiger charge is 1.93. The van der Waals surface area contributed by atoms with Gasteiger partial charge in [0.05, 0.1) is 0 Å². The molecule has 0 amide bonds. The summed E-state index contributed by atoms with van der Waals surface area (Å²) in [6, 6.07) is 12.1. The van der Waals surface area contributed by atoms with E-state index in [-0.39, 0.29) is 0 Å². The smallest absolute Gasteiger partial charge is 0.0349 e. The Morgan fingerprint density at radius 2 is 1.77 bits per heavy atom. The third-order valence-corrected chi connectivity index (χ3v) is 2.25. The standard InChI is InChI=1S/C13H9/c1-3-11-7-5-9-12-8-4-6-10(2)13(11)12/h4-9H,2H3/q-1. The molecule has 0 fully saturated rings. The fourth-order valence-corrected chi connectivity index (χ4v) is 1.63. The molecule has 0 aliphatic heterocycles. The van der Waals surface area contributed by atoms with Gasteiger partial charge < -0.3 is 6.42 Å². The Bertz CT molecular complexity index is 482. The van der Waals surface area contributed by atoms with E-state index < -0.39 is 0 Å². The normalized spacial score (nSPS) is 9.85. The molecular formula is C13H9-. The van der Waals surface area contributed by atoms with Gasteiger partial charge in [0.25, 0.3) is 0 Å². The van der Waals surface area contributed by atoms with E-state index in [0.29, 0.717) is 0 Å². The van der Waals surface area contributed by atoms with Crippen LogP contribution in [-0.2, 0) is 0 Å². The first kappa shape index (κ1) is 7.89. The predicted octanol–water partition coefficient (Wildman–Crippen LogP) is 3.09. The van der Waals surface area contributed by atoms with Gasteiger partial charge in [-0.3, -0.25) is 5.92 Å². The summed E-state index contributed by atoms with van der Waals surface area (Å²) in [6.07, 6.45) is 7.17. The van der Waals surface area contributed by atoms with Crippen LogP contribution in [0.2, 0.25) is 0 Å². The quantitative estimate of drug-likeness (QED) is 0.415. The van der Waals surface area contributed by atoms with Crippen LogP contribution in [0, 0.1) is 19.3 Å². The lowest BCUT2D eigenvalue weighted by atomic mass is 10.0. The molecule has 0 aliphatic carbocycles. The van der Waals surface area contributed by atoms with Gasteiger partial charge in [0.15, 0.2) is 0 Å². The Morgan fingerprint density at radius 1 is 1.08 bits per heavy atom. The minimum absolute atomic E-state index is 0.871. The lowest BCUT2D eigenvalue weighted by molar-refractivity contribution is 1.52. The molecule has 0 N–H and O–H groups in total. The Morgan fingerprint density at radius 3 is 2.46 bits per heavy atom. The third kappa shape index (κ3) is 1.19. The molecule has 2 rings (SSSR count). The van der Waals surface area contributed by atoms with E-state index in [2.05, 4.69) is 31.0 Å². The second-order valence-electron chi connectivity index (χ2n) is 3.10. The second kappa shape index (κ2) is 2.95. The van der Waals surface area contributed by atoms with E-state index in [1.165, 1.54) is 10.9 Å². The average Bonchev–Trinajstić information content (AvgIpc) is 2.17. The van der Waals surface area contributed by atoms with Crippen LogP contribution in [0.25, 0.3) is 10.8 Å². The van der Waals surface area contributed by atoms with Gasteiger partial charge in [0, 0.05) is 0 Å². The van der Waals surface area contributed by atoms with Gasteiger partial charge in [-0.05, 0) is 12.3 Å². The topological polar surface area (TPSA) is 0 Å². The maximum absolute atomic E-state index is 7.17. The largest absolute Gasteiger partial charge is 0.366 e. The molecule has 0 nitrogen and oxygen atoms in total. The Balaban J connectivity index is 2.97. The molecule has 0 saturated carbocycles. The van der Waals surface area contributed by atoms with Crippen molar-refractivity contribution in [2.75, 3.05) is 0 Å². The van der Waals surface area contributed by atoms with Crippen molar-refractivity contribution < 1.29 is 0 Å². The SMILES string of the molecule is [C-]#Cc1cccc2cccc(C)c12. The zero-order valence-electron chi connectivity index (χ0n) is 7.46. The molecule has 0 atom stereocenters. The van der Waals surface area contributed by atoms with Crippen molar-refractivity contribution in [2.24, 2.45) is 0 Å². The Hall–Kier alpha value is -1.74. The van der Waals surface area contributed by atoms with E-state index in [9.17, 15) is 0 Å². The third-order valence-electron chi connectivity index (χ3n) is 2.25. The second-order valence-corrected chi connectivity index (χ2v) is 3.10. The van der Waals surface area contributed by atoms with Crippen LogP contribution in [0.4, 0.5) is 0 Å². The summed E-state index contributed by atoms with van der Waals surface area (Å²) >= 11 is 0. The van der Waals surface area contributed by atoms with Gasteiger partial charge in [0.1, 0.15) is 0 Å². The van der Waals surface area contributed by atoms with E-state index in [0.717, 1.165) is 10.9 Å². The minimum atomic E-state index is 0.871. The summed E-state index contributed by atoms with van der Waals surface area (Å²) in [6.45, 7) is 2.06. The zero-order valence-corrected chi connectivity index (χ0v) is 7.46. The minimum Gasteiger partial charge on any atom is -0.366 e. The van der Waals surface area contributed by atoms with E-state index in [1.54, 1.807) is 0 Å². The van der Waals surface area contributed by atoms with Crippen LogP contribution < -0.4 is 0 Å². The maximum atomic E-state index is 7.17. The molecule has 0 bridgehead atoms. The van der Waals surface area contributed by atoms with Gasteiger partial charge in [0.2, 0.25) is 0 Å². The average molecular weight is 165 g/mol. The van der Waals surface area contributed by atoms with Gasteiger partial charge in [-0.2, -0.15) is 0 Å². The maximum Gasteiger partial charge on any atom is -0.0349 e. The van der Waals surface area contributed by atoms with Crippen LogP contribution in [0.3, 0.4) is 0 Å². The van der Waals surface area contributed by atoms with Crippen molar-refractivity contribution in [3.63, 3.8) is 0 Å². The summed E-state index contributed by atoms with van der Waals surface area (Å²) < 4.78 is 0. The van der Waals surface area contributed by atoms with Crippen LogP contribution in [0.1, 0.15) is 11.1 Å². The summed E-state index contributed by atoms with van der Waals surface area (Å²) in [4.78, 5) is 0. The van der Waals surface area contributed by atoms with Gasteiger partial charge in [-0.1, -0.05) is 41.3 Å². The molecular weight excluding hydrogens is 156 g/mol. The highest BCUT2D eigenvalue weighted by atomic mass is 14.0. The van der Waals surface area contributed by atoms with Crippen molar-refractivity contribution in [1.29, 1.82) is 0 Å². The highest BCUT2D eigenvalue weighted by molar-refractivity contribution is 5.90. The van der Waals surface area contributed by atoms with E-state index in [1.807, 2.05) is 18.2 Å². The first-order chi connectivity index (χ1) is 6.33. The van der Waals surface area contributed by atoms with Gasteiger partial charge in [-0.25, -0.2) is 0 Å². The number of fused-ring (bicyclic) bond motifs is 1. The molecule has 0 heteroatoms. The zero-order chi connectivity index (χ0) is 9.26. The van der Waals surface area contributed by atoms with Crippen molar-refractivity contribution in [1.82, 2.24) is 0 Å². The fraction of sp³-hybridized carbons (Fsp3) is 0.0769. The summed E-state index contributed by atoms with van der Waals surface area (Å²) in [5, 5.41) is 2.32. The molecule has 0 radical (unpaired) electrons. The van der Waals surface area contributed by atoms with Gasteiger partial charge >= 0.3 is 0 Å². The summed E-state index contributed by atoms with van der Waals surface area (Å²) in [5.74, 6) is 2.46. The molecule has 0 unspecified atom stereocenters. The highest BCUT2D eigenvalue weighted by Crippen LogP contribution is 2.21. The molecule has 2 aromatic carbocycles. The van der Waals surface area contributed by atoms with Gasteiger partial charge in [-0.15, -0.1) is 11.6 Å². The summed E-state index contributed by atoms with van der Waals surface area (Å²) in [5.41, 5.74) is 2.07. The lowest BCUT2D eigenvalue weighted by Gasteiger charge is -2.10. The predicted molar refractivity (Wildman–Crippen MR) is 54.9 cm³/mol. The number of hydrogen-bond donors (Lipinski definition) is 0. The molecule has 0 saturated heterocycles. The first-order valence-corrected chi connectivity index (χ1v) is 4.24. The molecule has 2 aromatic rings. The Labute approximate surface area is 78.2 Å². The molecule has 0 heterocycles. The first-order valence-electron chi connectivity index (χ1n) is 4.24. The van der Waals surface area contributed by atoms with Crippen LogP contribution in [-0.4, -0.2) is 0 Å². The number of aryl methyl sites for hydroxylation is 1. The van der Waals surface area contributed by atoms with E-state index in [4.69, 9.17) is 6.42 Å². The lowest BCUT2D eigenvalue weighted by Crippen LogP contribution is -1.82. The monoisotopic (exact) mass is 165 g/mol. The summed E-state index contributed by atoms with van der Waals surface area (Å²) in [7, 11) is 0. The molecule has 62 valence electrons. The number of benzene rings is 2. The number of rotatable bonds is 0. The fourth-order valence-electron chi connectivity index (χ4n) is 1.63. The molecule has 0 aromatic heterocycles. The van der Waals surface area contributed by atoms with Crippen molar-refractivity contribution in [3.05, 3.63) is 53.9 Å². The molecule has 13 heavy (non-hydrogen) atoms. The molecule has 0 spiro atoms. The van der Waals surface area contributed by atoms with Crippen molar-refractivity contribution in [2.45, 2.75) is 6.92 Å². The Kier molecular flexibility index (Phi) is 1.79. The van der Waals surface area contributed by atoms with Crippen LogP contribution in [0.5, 0.6) is 0 Å². The molecule has 0 aliphatic rings. The van der Waals surface area contributed by atoms with Crippen molar-refractivity contribution >= 4 is 10.8 Å². The van der Waals surface area contributed by atoms with Crippen LogP contribution >= 0.6 is 0 Å². The van der Waals surface area contributed by atoms with Crippen molar-refractivity contribution in [3.8, 4) is 5.92 Å². The van der Waals surface area contributed by atoms with Crippen LogP contribution in [0.15, 0.2) is 36.4 Å². The number of hydrogen-bond acceptors (Lipinski definition) is 0. The van der Waals surface area contributed by atoms with E-state index >= 15 is 0 Å².